The minimum Gasteiger partial charge on any atom is -0.352 e. The summed E-state index contributed by atoms with van der Waals surface area (Å²) < 4.78 is 0. The van der Waals surface area contributed by atoms with E-state index in [1.54, 1.807) is 0 Å². The lowest BCUT2D eigenvalue weighted by atomic mass is 10.1. The molecule has 0 saturated carbocycles. The van der Waals surface area contributed by atoms with Crippen LogP contribution in [0.2, 0.25) is 0 Å². The predicted octanol–water partition coefficient (Wildman–Crippen LogP) is 2.18. The van der Waals surface area contributed by atoms with Gasteiger partial charge in [0.1, 0.15) is 0 Å². The number of para-hydroxylation sites is 1. The average molecular weight is 187 g/mol. The number of nitrogens with one attached hydrogen (secondary N) is 1. The molecular formula is C11H9NO2. The fourth-order valence-corrected chi connectivity index (χ4v) is 1.63. The quantitative estimate of drug-likeness (QED) is 0.578. The first-order valence-electron chi connectivity index (χ1n) is 4.31. The third-order valence-corrected chi connectivity index (χ3v) is 2.20. The average Bonchev–Trinajstić information content (AvgIpc) is 2.55. The summed E-state index contributed by atoms with van der Waals surface area (Å²) in [5.74, 6) is -0.0930. The third-order valence-electron chi connectivity index (χ3n) is 2.20. The number of aromatic amines is 1. The van der Waals surface area contributed by atoms with Gasteiger partial charge in [-0.25, -0.2) is 0 Å². The molecular weight excluding hydrogens is 178 g/mol. The zero-order valence-corrected chi connectivity index (χ0v) is 7.70. The fourth-order valence-electron chi connectivity index (χ4n) is 1.63. The summed E-state index contributed by atoms with van der Waals surface area (Å²) in [6.07, 6.45) is 0.677. The normalized spacial score (nSPS) is 10.4. The second-order valence-electron chi connectivity index (χ2n) is 3.13. The highest BCUT2D eigenvalue weighted by Gasteiger charge is 2.13. The summed E-state index contributed by atoms with van der Waals surface area (Å²) in [6.45, 7) is 1.46. The van der Waals surface area contributed by atoms with Gasteiger partial charge in [-0.15, -0.1) is 0 Å². The van der Waals surface area contributed by atoms with Crippen molar-refractivity contribution >= 4 is 23.0 Å². The first-order valence-corrected chi connectivity index (χ1v) is 4.31. The van der Waals surface area contributed by atoms with E-state index >= 15 is 0 Å². The van der Waals surface area contributed by atoms with Crippen LogP contribution in [-0.4, -0.2) is 17.1 Å². The first-order chi connectivity index (χ1) is 6.74. The van der Waals surface area contributed by atoms with Gasteiger partial charge in [0.25, 0.3) is 0 Å². The molecule has 0 aliphatic rings. The molecule has 70 valence electrons. The smallest absolute Gasteiger partial charge is 0.167 e. The Bertz CT molecular complexity index is 511. The van der Waals surface area contributed by atoms with Gasteiger partial charge in [0.15, 0.2) is 12.1 Å². The third kappa shape index (κ3) is 1.14. The monoisotopic (exact) mass is 187 g/mol. The molecule has 0 aliphatic carbocycles. The van der Waals surface area contributed by atoms with Crippen LogP contribution in [0.4, 0.5) is 0 Å². The van der Waals surface area contributed by atoms with Crippen molar-refractivity contribution in [3.05, 3.63) is 35.5 Å². The summed E-state index contributed by atoms with van der Waals surface area (Å²) in [7, 11) is 0. The Labute approximate surface area is 80.7 Å². The Balaban J connectivity index is 2.87. The lowest BCUT2D eigenvalue weighted by molar-refractivity contribution is 0.101. The number of ketones is 1. The Morgan fingerprint density at radius 1 is 1.36 bits per heavy atom. The van der Waals surface area contributed by atoms with Crippen molar-refractivity contribution in [1.82, 2.24) is 4.98 Å². The standard InChI is InChI=1S/C11H9NO2/c1-7(14)11-8-4-2-3-5-9(8)12-10(11)6-13/h2-6,12H,1H3. The maximum absolute atomic E-state index is 11.3. The molecule has 0 spiro atoms. The molecule has 0 saturated heterocycles. The van der Waals surface area contributed by atoms with Gasteiger partial charge in [-0.2, -0.15) is 0 Å². The molecule has 1 heterocycles. The number of fused-ring (bicyclic) bond motifs is 1. The highest BCUT2D eigenvalue weighted by molar-refractivity contribution is 6.12. The van der Waals surface area contributed by atoms with E-state index in [4.69, 9.17) is 0 Å². The van der Waals surface area contributed by atoms with Gasteiger partial charge in [-0.05, 0) is 13.0 Å². The summed E-state index contributed by atoms with van der Waals surface area (Å²) in [5.41, 5.74) is 1.66. The van der Waals surface area contributed by atoms with Crippen LogP contribution in [-0.2, 0) is 0 Å². The van der Waals surface area contributed by atoms with Crippen molar-refractivity contribution in [2.24, 2.45) is 0 Å². The summed E-state index contributed by atoms with van der Waals surface area (Å²) >= 11 is 0. The number of carbonyl (C=O) groups is 2. The summed E-state index contributed by atoms with van der Waals surface area (Å²) in [5, 5.41) is 0.808. The molecule has 0 fully saturated rings. The maximum atomic E-state index is 11.3. The van der Waals surface area contributed by atoms with Crippen molar-refractivity contribution in [1.29, 1.82) is 0 Å². The van der Waals surface area contributed by atoms with E-state index in [9.17, 15) is 9.59 Å². The molecule has 0 amide bonds. The molecule has 3 heteroatoms. The molecule has 1 aromatic heterocycles. The van der Waals surface area contributed by atoms with E-state index < -0.39 is 0 Å². The maximum Gasteiger partial charge on any atom is 0.167 e. The van der Waals surface area contributed by atoms with Crippen molar-refractivity contribution in [3.8, 4) is 0 Å². The van der Waals surface area contributed by atoms with Crippen molar-refractivity contribution in [2.75, 3.05) is 0 Å². The van der Waals surface area contributed by atoms with Crippen LogP contribution in [0.25, 0.3) is 10.9 Å². The van der Waals surface area contributed by atoms with E-state index in [0.29, 0.717) is 17.5 Å². The molecule has 0 unspecified atom stereocenters. The highest BCUT2D eigenvalue weighted by atomic mass is 16.1. The van der Waals surface area contributed by atoms with Crippen molar-refractivity contribution in [2.45, 2.75) is 6.92 Å². The predicted molar refractivity (Wildman–Crippen MR) is 53.7 cm³/mol. The number of aldehydes is 1. The number of benzene rings is 1. The SMILES string of the molecule is CC(=O)c1c(C=O)[nH]c2ccccc12. The van der Waals surface area contributed by atoms with Gasteiger partial charge in [-0.1, -0.05) is 18.2 Å². The van der Waals surface area contributed by atoms with Crippen LogP contribution >= 0.6 is 0 Å². The second kappa shape index (κ2) is 3.10. The van der Waals surface area contributed by atoms with Gasteiger partial charge in [0.2, 0.25) is 0 Å². The molecule has 0 bridgehead atoms. The Kier molecular flexibility index (Phi) is 1.93. The van der Waals surface area contributed by atoms with E-state index in [-0.39, 0.29) is 5.78 Å². The number of carbonyl (C=O) groups excluding carboxylic acids is 2. The summed E-state index contributed by atoms with van der Waals surface area (Å²) in [4.78, 5) is 24.9. The van der Waals surface area contributed by atoms with Crippen molar-refractivity contribution in [3.63, 3.8) is 0 Å². The molecule has 2 rings (SSSR count). The van der Waals surface area contributed by atoms with Crippen LogP contribution in [0.5, 0.6) is 0 Å². The fraction of sp³-hybridized carbons (Fsp3) is 0.0909. The molecule has 0 radical (unpaired) electrons. The molecule has 2 aromatic rings. The van der Waals surface area contributed by atoms with Crippen LogP contribution in [0, 0.1) is 0 Å². The van der Waals surface area contributed by atoms with Gasteiger partial charge in [-0.3, -0.25) is 9.59 Å². The molecule has 14 heavy (non-hydrogen) atoms. The Morgan fingerprint density at radius 3 is 2.71 bits per heavy atom. The number of hydrogen-bond donors (Lipinski definition) is 1. The molecule has 1 N–H and O–H groups in total. The Hall–Kier alpha value is -1.90. The van der Waals surface area contributed by atoms with Gasteiger partial charge >= 0.3 is 0 Å². The van der Waals surface area contributed by atoms with Gasteiger partial charge in [0.05, 0.1) is 11.3 Å². The van der Waals surface area contributed by atoms with E-state index in [2.05, 4.69) is 4.98 Å². The van der Waals surface area contributed by atoms with Gasteiger partial charge in [0, 0.05) is 10.9 Å². The van der Waals surface area contributed by atoms with Gasteiger partial charge < -0.3 is 4.98 Å². The first kappa shape index (κ1) is 8.69. The zero-order chi connectivity index (χ0) is 10.1. The van der Waals surface area contributed by atoms with E-state index in [1.165, 1.54) is 6.92 Å². The second-order valence-corrected chi connectivity index (χ2v) is 3.13. The number of rotatable bonds is 2. The van der Waals surface area contributed by atoms with Crippen LogP contribution in [0.3, 0.4) is 0 Å². The lowest BCUT2D eigenvalue weighted by Gasteiger charge is -1.92. The van der Waals surface area contributed by atoms with Crippen LogP contribution < -0.4 is 0 Å². The molecule has 0 atom stereocenters. The largest absolute Gasteiger partial charge is 0.352 e. The summed E-state index contributed by atoms with van der Waals surface area (Å²) in [6, 6.07) is 7.37. The zero-order valence-electron chi connectivity index (χ0n) is 7.70. The lowest BCUT2D eigenvalue weighted by Crippen LogP contribution is -1.95. The number of hydrogen-bond acceptors (Lipinski definition) is 2. The van der Waals surface area contributed by atoms with Crippen molar-refractivity contribution < 1.29 is 9.59 Å². The molecule has 0 aliphatic heterocycles. The highest BCUT2D eigenvalue weighted by Crippen LogP contribution is 2.21. The van der Waals surface area contributed by atoms with Crippen LogP contribution in [0.15, 0.2) is 24.3 Å². The molecule has 1 aromatic carbocycles. The topological polar surface area (TPSA) is 49.9 Å². The van der Waals surface area contributed by atoms with E-state index in [1.807, 2.05) is 24.3 Å². The number of Topliss-reactive ketones (excluding diaryl/α,β-unsaturated/α-hetero) is 1. The number of aromatic nitrogens is 1. The Morgan fingerprint density at radius 2 is 2.07 bits per heavy atom. The number of H-pyrrole nitrogens is 1. The molecule has 3 nitrogen and oxygen atoms in total. The minimum atomic E-state index is -0.0930. The van der Waals surface area contributed by atoms with E-state index in [0.717, 1.165) is 10.9 Å². The van der Waals surface area contributed by atoms with Crippen LogP contribution in [0.1, 0.15) is 27.8 Å². The minimum absolute atomic E-state index is 0.0930.